The molecule has 1 saturated heterocycles. The van der Waals surface area contributed by atoms with Crippen molar-refractivity contribution >= 4 is 23.3 Å². The maximum atomic E-state index is 13.0. The number of nitrogens with zero attached hydrogens (tertiary/aromatic N) is 3. The average Bonchev–Trinajstić information content (AvgIpc) is 2.67. The van der Waals surface area contributed by atoms with Gasteiger partial charge in [-0.25, -0.2) is 9.97 Å². The van der Waals surface area contributed by atoms with E-state index in [1.165, 1.54) is 13.3 Å². The number of Topliss-reactive ketones (excluding diaryl/α,β-unsaturated/α-hetero) is 1. The van der Waals surface area contributed by atoms with Crippen LogP contribution in [0, 0.1) is 6.92 Å². The van der Waals surface area contributed by atoms with Gasteiger partial charge in [-0.3, -0.25) is 9.59 Å². The van der Waals surface area contributed by atoms with Gasteiger partial charge < -0.3 is 10.2 Å². The average molecular weight is 366 g/mol. The molecule has 0 spiro atoms. The summed E-state index contributed by atoms with van der Waals surface area (Å²) in [6.45, 7) is 6.30. The minimum atomic E-state index is -0.0259. The molecular formula is C21H26N4O2. The second-order valence-corrected chi connectivity index (χ2v) is 7.03. The number of anilines is 2. The molecule has 27 heavy (non-hydrogen) atoms. The highest BCUT2D eigenvalue weighted by atomic mass is 16.2. The molecule has 1 aromatic carbocycles. The number of hydrogen-bond acceptors (Lipinski definition) is 5. The Hall–Kier alpha value is -2.76. The fraction of sp³-hybridized carbons (Fsp3) is 0.429. The molecule has 142 valence electrons. The molecule has 1 aromatic heterocycles. The summed E-state index contributed by atoms with van der Waals surface area (Å²) < 4.78 is 0. The summed E-state index contributed by atoms with van der Waals surface area (Å²) in [6, 6.07) is 9.16. The molecule has 1 fully saturated rings. The Labute approximate surface area is 160 Å². The van der Waals surface area contributed by atoms with Gasteiger partial charge in [-0.15, -0.1) is 0 Å². The van der Waals surface area contributed by atoms with Crippen molar-refractivity contribution in [1.29, 1.82) is 0 Å². The number of ketones is 1. The Morgan fingerprint density at radius 2 is 1.93 bits per heavy atom. The van der Waals surface area contributed by atoms with E-state index in [1.807, 2.05) is 24.0 Å². The lowest BCUT2D eigenvalue weighted by atomic mass is 9.99. The molecule has 1 atom stereocenters. The van der Waals surface area contributed by atoms with Crippen molar-refractivity contribution in [3.8, 4) is 0 Å². The molecule has 1 aliphatic heterocycles. The highest BCUT2D eigenvalue weighted by molar-refractivity contribution is 5.94. The van der Waals surface area contributed by atoms with Gasteiger partial charge in [-0.05, 0) is 69.9 Å². The van der Waals surface area contributed by atoms with Gasteiger partial charge in [0.05, 0.1) is 0 Å². The van der Waals surface area contributed by atoms with Crippen LogP contribution in [0.25, 0.3) is 0 Å². The first-order valence-electron chi connectivity index (χ1n) is 9.52. The van der Waals surface area contributed by atoms with E-state index >= 15 is 0 Å². The summed E-state index contributed by atoms with van der Waals surface area (Å²) in [7, 11) is 0. The summed E-state index contributed by atoms with van der Waals surface area (Å²) in [5, 5.41) is 3.13. The summed E-state index contributed by atoms with van der Waals surface area (Å²) in [5.41, 5.74) is 2.58. The first kappa shape index (κ1) is 19.0. The predicted molar refractivity (Wildman–Crippen MR) is 105 cm³/mol. The minimum absolute atomic E-state index is 0.0215. The van der Waals surface area contributed by atoms with Crippen molar-refractivity contribution < 1.29 is 9.59 Å². The molecule has 1 amide bonds. The maximum Gasteiger partial charge on any atom is 0.272 e. The van der Waals surface area contributed by atoms with E-state index in [9.17, 15) is 9.59 Å². The molecule has 1 N–H and O–H groups in total. The van der Waals surface area contributed by atoms with E-state index in [2.05, 4.69) is 22.2 Å². The van der Waals surface area contributed by atoms with E-state index in [0.717, 1.165) is 37.2 Å². The van der Waals surface area contributed by atoms with Gasteiger partial charge in [0, 0.05) is 29.5 Å². The van der Waals surface area contributed by atoms with E-state index < -0.39 is 0 Å². The third-order valence-corrected chi connectivity index (χ3v) is 4.98. The topological polar surface area (TPSA) is 75.2 Å². The smallest absolute Gasteiger partial charge is 0.272 e. The number of rotatable bonds is 5. The molecule has 1 aliphatic rings. The Balaban J connectivity index is 1.81. The van der Waals surface area contributed by atoms with Crippen LogP contribution in [0.4, 0.5) is 11.6 Å². The summed E-state index contributed by atoms with van der Waals surface area (Å²) >= 11 is 0. The number of hydrogen-bond donors (Lipinski definition) is 1. The molecule has 0 aliphatic carbocycles. The van der Waals surface area contributed by atoms with Crippen molar-refractivity contribution in [3.63, 3.8) is 0 Å². The number of carbonyl (C=O) groups is 2. The van der Waals surface area contributed by atoms with Crippen molar-refractivity contribution in [2.75, 3.05) is 11.9 Å². The highest BCUT2D eigenvalue weighted by Gasteiger charge is 2.27. The third-order valence-electron chi connectivity index (χ3n) is 4.98. The summed E-state index contributed by atoms with van der Waals surface area (Å²) in [5.74, 6) is 0.384. The van der Waals surface area contributed by atoms with Crippen LogP contribution in [0.2, 0.25) is 0 Å². The Kier molecular flexibility index (Phi) is 5.84. The lowest BCUT2D eigenvalue weighted by molar-refractivity contribution is 0.0601. The van der Waals surface area contributed by atoms with Gasteiger partial charge in [0.15, 0.2) is 5.78 Å². The lowest BCUT2D eigenvalue weighted by Crippen LogP contribution is -2.43. The van der Waals surface area contributed by atoms with Crippen LogP contribution >= 0.6 is 0 Å². The van der Waals surface area contributed by atoms with Gasteiger partial charge in [-0.1, -0.05) is 6.92 Å². The first-order chi connectivity index (χ1) is 13.0. The number of aromatic nitrogens is 2. The van der Waals surface area contributed by atoms with Crippen LogP contribution in [0.1, 0.15) is 66.1 Å². The Bertz CT molecular complexity index is 833. The molecule has 6 heteroatoms. The molecule has 2 heterocycles. The first-order valence-corrected chi connectivity index (χ1v) is 9.52. The number of nitrogens with one attached hydrogen (secondary N) is 1. The van der Waals surface area contributed by atoms with Gasteiger partial charge in [0.1, 0.15) is 5.69 Å². The van der Waals surface area contributed by atoms with Crippen LogP contribution in [0.3, 0.4) is 0 Å². The number of piperidine rings is 1. The Morgan fingerprint density at radius 1 is 1.19 bits per heavy atom. The molecule has 1 unspecified atom stereocenters. The fourth-order valence-corrected chi connectivity index (χ4v) is 3.49. The largest absolute Gasteiger partial charge is 0.334 e. The highest BCUT2D eigenvalue weighted by Crippen LogP contribution is 2.22. The van der Waals surface area contributed by atoms with Crippen LogP contribution < -0.4 is 5.32 Å². The summed E-state index contributed by atoms with van der Waals surface area (Å²) in [4.78, 5) is 35.2. The van der Waals surface area contributed by atoms with E-state index in [4.69, 9.17) is 0 Å². The zero-order chi connectivity index (χ0) is 19.4. The maximum absolute atomic E-state index is 13.0. The van der Waals surface area contributed by atoms with Crippen molar-refractivity contribution in [2.45, 2.75) is 52.5 Å². The summed E-state index contributed by atoms with van der Waals surface area (Å²) in [6.07, 6.45) is 4.23. The molecular weight excluding hydrogens is 340 g/mol. The SMILES string of the molecule is CCC1CCCCN1C(=O)c1cc(C)nc(Nc2ccc(C(C)=O)cc2)n1. The van der Waals surface area contributed by atoms with E-state index in [1.54, 1.807) is 18.2 Å². The quantitative estimate of drug-likeness (QED) is 0.805. The molecule has 6 nitrogen and oxygen atoms in total. The second-order valence-electron chi connectivity index (χ2n) is 7.03. The monoisotopic (exact) mass is 366 g/mol. The molecule has 0 bridgehead atoms. The van der Waals surface area contributed by atoms with Crippen molar-refractivity contribution in [3.05, 3.63) is 47.3 Å². The lowest BCUT2D eigenvalue weighted by Gasteiger charge is -2.35. The van der Waals surface area contributed by atoms with Gasteiger partial charge in [0.25, 0.3) is 5.91 Å². The van der Waals surface area contributed by atoms with E-state index in [-0.39, 0.29) is 17.7 Å². The van der Waals surface area contributed by atoms with E-state index in [0.29, 0.717) is 17.2 Å². The zero-order valence-electron chi connectivity index (χ0n) is 16.2. The number of carbonyl (C=O) groups excluding carboxylic acids is 2. The van der Waals surface area contributed by atoms with Crippen molar-refractivity contribution in [2.24, 2.45) is 0 Å². The molecule has 0 radical (unpaired) electrons. The zero-order valence-corrected chi connectivity index (χ0v) is 16.2. The third kappa shape index (κ3) is 4.51. The number of benzene rings is 1. The van der Waals surface area contributed by atoms with Gasteiger partial charge in [-0.2, -0.15) is 0 Å². The van der Waals surface area contributed by atoms with Gasteiger partial charge >= 0.3 is 0 Å². The Morgan fingerprint density at radius 3 is 2.59 bits per heavy atom. The normalized spacial score (nSPS) is 16.9. The van der Waals surface area contributed by atoms with Crippen LogP contribution in [0.5, 0.6) is 0 Å². The predicted octanol–water partition coefficient (Wildman–Crippen LogP) is 4.14. The number of likely N-dealkylation sites (tertiary alicyclic amines) is 1. The standard InChI is InChI=1S/C21H26N4O2/c1-4-18-7-5-6-12-25(18)20(27)19-13-14(2)22-21(24-19)23-17-10-8-16(9-11-17)15(3)26/h8-11,13,18H,4-7,12H2,1-3H3,(H,22,23,24). The fourth-order valence-electron chi connectivity index (χ4n) is 3.49. The molecule has 2 aromatic rings. The molecule has 0 saturated carbocycles. The number of amides is 1. The number of aryl methyl sites for hydroxylation is 1. The van der Waals surface area contributed by atoms with Crippen molar-refractivity contribution in [1.82, 2.24) is 14.9 Å². The van der Waals surface area contributed by atoms with Crippen LogP contribution in [-0.2, 0) is 0 Å². The van der Waals surface area contributed by atoms with Crippen LogP contribution in [-0.4, -0.2) is 39.1 Å². The second kappa shape index (κ2) is 8.29. The minimum Gasteiger partial charge on any atom is -0.334 e. The van der Waals surface area contributed by atoms with Gasteiger partial charge in [0.2, 0.25) is 5.95 Å². The molecule has 3 rings (SSSR count). The van der Waals surface area contributed by atoms with Crippen LogP contribution in [0.15, 0.2) is 30.3 Å².